The van der Waals surface area contributed by atoms with Crippen LogP contribution in [0, 0.1) is 0 Å². The molecular formula is C22H32IN7. The molecule has 3 heterocycles. The Bertz CT molecular complexity index is 779. The number of halogens is 1. The van der Waals surface area contributed by atoms with Crippen LogP contribution in [0.4, 0.5) is 5.95 Å². The second kappa shape index (κ2) is 11.5. The molecule has 2 aromatic rings. The zero-order valence-corrected chi connectivity index (χ0v) is 19.8. The maximum atomic E-state index is 6.36. The van der Waals surface area contributed by atoms with Crippen molar-refractivity contribution in [3.63, 3.8) is 0 Å². The Balaban J connectivity index is 0.00000256. The van der Waals surface area contributed by atoms with E-state index in [1.807, 2.05) is 6.07 Å². The number of likely N-dealkylation sites (tertiary alicyclic amines) is 1. The van der Waals surface area contributed by atoms with Crippen molar-refractivity contribution in [3.8, 4) is 0 Å². The van der Waals surface area contributed by atoms with Crippen LogP contribution >= 0.6 is 24.0 Å². The third kappa shape index (κ3) is 6.04. The Kier molecular flexibility index (Phi) is 8.68. The Hall–Kier alpha value is -1.94. The number of aliphatic imine (C=N–C) groups is 1. The topological polar surface area (TPSA) is 73.9 Å². The van der Waals surface area contributed by atoms with Gasteiger partial charge < -0.3 is 15.5 Å². The predicted molar refractivity (Wildman–Crippen MR) is 132 cm³/mol. The third-order valence-corrected chi connectivity index (χ3v) is 5.88. The summed E-state index contributed by atoms with van der Waals surface area (Å²) < 4.78 is 0. The normalized spacial score (nSPS) is 20.7. The van der Waals surface area contributed by atoms with E-state index in [0.717, 1.165) is 51.8 Å². The molecule has 0 saturated carbocycles. The van der Waals surface area contributed by atoms with Crippen molar-refractivity contribution in [1.82, 2.24) is 19.8 Å². The van der Waals surface area contributed by atoms with Crippen molar-refractivity contribution in [2.24, 2.45) is 10.7 Å². The first-order chi connectivity index (χ1) is 14.3. The van der Waals surface area contributed by atoms with Gasteiger partial charge in [-0.05, 0) is 31.0 Å². The minimum absolute atomic E-state index is 0. The summed E-state index contributed by atoms with van der Waals surface area (Å²) in [7, 11) is 0. The Morgan fingerprint density at radius 2 is 1.70 bits per heavy atom. The SMILES string of the molecule is I.NC(=NCC1CCCCN1Cc1ccccc1)N1CCN(c2ncccn2)CC1. The smallest absolute Gasteiger partial charge is 0.225 e. The molecule has 1 atom stereocenters. The standard InChI is InChI=1S/C22H31N7.HI/c23-21(27-13-15-28(16-14-27)22-24-10-6-11-25-22)26-17-20-9-4-5-12-29(20)18-19-7-2-1-3-8-19;/h1-3,6-8,10-11,20H,4-5,9,12-18H2,(H2,23,26);1H. The fourth-order valence-corrected chi connectivity index (χ4v) is 4.18. The van der Waals surface area contributed by atoms with Gasteiger partial charge in [0.15, 0.2) is 5.96 Å². The summed E-state index contributed by atoms with van der Waals surface area (Å²) in [6.07, 6.45) is 7.32. The number of piperidine rings is 1. The number of hydrogen-bond donors (Lipinski definition) is 1. The summed E-state index contributed by atoms with van der Waals surface area (Å²) in [5.74, 6) is 1.46. The van der Waals surface area contributed by atoms with Gasteiger partial charge in [-0.2, -0.15) is 0 Å². The second-order valence-electron chi connectivity index (χ2n) is 7.83. The highest BCUT2D eigenvalue weighted by Crippen LogP contribution is 2.20. The summed E-state index contributed by atoms with van der Waals surface area (Å²) in [6, 6.07) is 13.0. The van der Waals surface area contributed by atoms with Crippen molar-refractivity contribution < 1.29 is 0 Å². The van der Waals surface area contributed by atoms with Crippen LogP contribution in [0.5, 0.6) is 0 Å². The van der Waals surface area contributed by atoms with Crippen LogP contribution in [0.3, 0.4) is 0 Å². The van der Waals surface area contributed by atoms with Gasteiger partial charge in [0, 0.05) is 51.2 Å². The molecule has 0 bridgehead atoms. The molecule has 0 amide bonds. The first-order valence-electron chi connectivity index (χ1n) is 10.6. The van der Waals surface area contributed by atoms with Gasteiger partial charge in [0.1, 0.15) is 0 Å². The molecule has 0 aliphatic carbocycles. The van der Waals surface area contributed by atoms with Crippen molar-refractivity contribution in [3.05, 3.63) is 54.4 Å². The molecule has 1 unspecified atom stereocenters. The van der Waals surface area contributed by atoms with Crippen molar-refractivity contribution in [1.29, 1.82) is 0 Å². The highest BCUT2D eigenvalue weighted by atomic mass is 127. The first kappa shape index (κ1) is 22.7. The number of hydrogen-bond acceptors (Lipinski definition) is 5. The van der Waals surface area contributed by atoms with E-state index in [0.29, 0.717) is 12.0 Å². The fourth-order valence-electron chi connectivity index (χ4n) is 4.18. The zero-order chi connectivity index (χ0) is 19.9. The molecule has 2 N–H and O–H groups in total. The van der Waals surface area contributed by atoms with Crippen LogP contribution < -0.4 is 10.6 Å². The summed E-state index contributed by atoms with van der Waals surface area (Å²) in [5.41, 5.74) is 7.73. The highest BCUT2D eigenvalue weighted by molar-refractivity contribution is 14.0. The van der Waals surface area contributed by atoms with Crippen molar-refractivity contribution >= 4 is 35.9 Å². The Labute approximate surface area is 196 Å². The molecule has 0 radical (unpaired) electrons. The zero-order valence-electron chi connectivity index (χ0n) is 17.4. The van der Waals surface area contributed by atoms with E-state index in [-0.39, 0.29) is 24.0 Å². The van der Waals surface area contributed by atoms with Gasteiger partial charge >= 0.3 is 0 Å². The Morgan fingerprint density at radius 1 is 0.967 bits per heavy atom. The second-order valence-corrected chi connectivity index (χ2v) is 7.83. The van der Waals surface area contributed by atoms with E-state index >= 15 is 0 Å². The lowest BCUT2D eigenvalue weighted by molar-refractivity contribution is 0.145. The first-order valence-corrected chi connectivity index (χ1v) is 10.6. The molecular weight excluding hydrogens is 489 g/mol. The number of rotatable bonds is 5. The van der Waals surface area contributed by atoms with Gasteiger partial charge in [0.25, 0.3) is 0 Å². The monoisotopic (exact) mass is 521 g/mol. The number of piperazine rings is 1. The van der Waals surface area contributed by atoms with E-state index < -0.39 is 0 Å². The van der Waals surface area contributed by atoms with E-state index in [2.05, 4.69) is 55.0 Å². The number of nitrogens with zero attached hydrogens (tertiary/aromatic N) is 6. The lowest BCUT2D eigenvalue weighted by Crippen LogP contribution is -2.52. The molecule has 2 aliphatic heterocycles. The predicted octanol–water partition coefficient (Wildman–Crippen LogP) is 2.59. The molecule has 2 aliphatic rings. The van der Waals surface area contributed by atoms with Crippen LogP contribution in [-0.4, -0.2) is 71.0 Å². The average Bonchev–Trinajstić information content (AvgIpc) is 2.80. The quantitative estimate of drug-likeness (QED) is 0.371. The molecule has 0 spiro atoms. The van der Waals surface area contributed by atoms with Crippen molar-refractivity contribution in [2.75, 3.05) is 44.2 Å². The molecule has 7 nitrogen and oxygen atoms in total. The third-order valence-electron chi connectivity index (χ3n) is 5.88. The maximum absolute atomic E-state index is 6.36. The van der Waals surface area contributed by atoms with Gasteiger partial charge in [-0.3, -0.25) is 9.89 Å². The van der Waals surface area contributed by atoms with Crippen LogP contribution in [0.1, 0.15) is 24.8 Å². The van der Waals surface area contributed by atoms with Gasteiger partial charge in [-0.15, -0.1) is 24.0 Å². The molecule has 1 aromatic carbocycles. The number of aromatic nitrogens is 2. The summed E-state index contributed by atoms with van der Waals surface area (Å²) >= 11 is 0. The molecule has 2 fully saturated rings. The van der Waals surface area contributed by atoms with Crippen molar-refractivity contribution in [2.45, 2.75) is 31.8 Å². The summed E-state index contributed by atoms with van der Waals surface area (Å²) in [6.45, 7) is 6.35. The lowest BCUT2D eigenvalue weighted by atomic mass is 10.0. The largest absolute Gasteiger partial charge is 0.370 e. The molecule has 1 aromatic heterocycles. The molecule has 30 heavy (non-hydrogen) atoms. The minimum atomic E-state index is 0. The summed E-state index contributed by atoms with van der Waals surface area (Å²) in [4.78, 5) is 20.4. The minimum Gasteiger partial charge on any atom is -0.370 e. The molecule has 4 rings (SSSR count). The maximum Gasteiger partial charge on any atom is 0.225 e. The molecule has 2 saturated heterocycles. The Morgan fingerprint density at radius 3 is 2.43 bits per heavy atom. The summed E-state index contributed by atoms with van der Waals surface area (Å²) in [5, 5.41) is 0. The number of nitrogens with two attached hydrogens (primary N) is 1. The van der Waals surface area contributed by atoms with Gasteiger partial charge in [-0.1, -0.05) is 36.8 Å². The number of benzene rings is 1. The van der Waals surface area contributed by atoms with Crippen LogP contribution in [-0.2, 0) is 6.54 Å². The molecule has 8 heteroatoms. The molecule has 162 valence electrons. The van der Waals surface area contributed by atoms with Gasteiger partial charge in [-0.25, -0.2) is 9.97 Å². The van der Waals surface area contributed by atoms with Crippen LogP contribution in [0.2, 0.25) is 0 Å². The van der Waals surface area contributed by atoms with E-state index in [9.17, 15) is 0 Å². The average molecular weight is 521 g/mol. The number of guanidine groups is 1. The van der Waals surface area contributed by atoms with Crippen LogP contribution in [0.15, 0.2) is 53.8 Å². The lowest BCUT2D eigenvalue weighted by Gasteiger charge is -2.36. The highest BCUT2D eigenvalue weighted by Gasteiger charge is 2.24. The number of anilines is 1. The van der Waals surface area contributed by atoms with Gasteiger partial charge in [0.05, 0.1) is 6.54 Å². The van der Waals surface area contributed by atoms with Gasteiger partial charge in [0.2, 0.25) is 5.95 Å². The van der Waals surface area contributed by atoms with E-state index in [1.54, 1.807) is 12.4 Å². The fraction of sp³-hybridized carbons (Fsp3) is 0.500. The van der Waals surface area contributed by atoms with E-state index in [4.69, 9.17) is 10.7 Å². The van der Waals surface area contributed by atoms with E-state index in [1.165, 1.54) is 24.8 Å². The van der Waals surface area contributed by atoms with Crippen LogP contribution in [0.25, 0.3) is 0 Å².